The van der Waals surface area contributed by atoms with Crippen molar-refractivity contribution in [3.05, 3.63) is 20.8 Å². The summed E-state index contributed by atoms with van der Waals surface area (Å²) in [7, 11) is 0. The molecular weight excluding hydrogens is 294 g/mol. The fourth-order valence-electron chi connectivity index (χ4n) is 2.89. The highest BCUT2D eigenvalue weighted by Gasteiger charge is 2.33. The van der Waals surface area contributed by atoms with E-state index in [1.54, 1.807) is 0 Å². The van der Waals surface area contributed by atoms with E-state index in [0.717, 1.165) is 6.54 Å². The smallest absolute Gasteiger partial charge is 0.0701 e. The lowest BCUT2D eigenvalue weighted by molar-refractivity contribution is 0.280. The van der Waals surface area contributed by atoms with Crippen molar-refractivity contribution < 1.29 is 0 Å². The molecule has 0 atom stereocenters. The molecule has 1 heterocycles. The Morgan fingerprint density at radius 1 is 1.35 bits per heavy atom. The second kappa shape index (κ2) is 6.35. The van der Waals surface area contributed by atoms with Gasteiger partial charge in [-0.3, -0.25) is 0 Å². The third-order valence-corrected chi connectivity index (χ3v) is 5.39. The van der Waals surface area contributed by atoms with Crippen LogP contribution in [0.2, 0.25) is 0 Å². The molecule has 3 heteroatoms. The SMILES string of the molecule is CCCNCC1(Cc2ccc(Br)s2)CCCC1. The van der Waals surface area contributed by atoms with E-state index in [9.17, 15) is 0 Å². The summed E-state index contributed by atoms with van der Waals surface area (Å²) in [6, 6.07) is 4.47. The predicted octanol–water partition coefficient (Wildman–Crippen LogP) is 4.61. The maximum atomic E-state index is 3.64. The summed E-state index contributed by atoms with van der Waals surface area (Å²) >= 11 is 5.47. The van der Waals surface area contributed by atoms with Crippen LogP contribution in [0.25, 0.3) is 0 Å². The van der Waals surface area contributed by atoms with Crippen LogP contribution in [0.4, 0.5) is 0 Å². The average Bonchev–Trinajstić information content (AvgIpc) is 2.90. The van der Waals surface area contributed by atoms with Gasteiger partial charge in [-0.05, 0) is 65.7 Å². The van der Waals surface area contributed by atoms with Gasteiger partial charge in [0, 0.05) is 11.4 Å². The van der Waals surface area contributed by atoms with Gasteiger partial charge in [-0.1, -0.05) is 19.8 Å². The van der Waals surface area contributed by atoms with Crippen LogP contribution in [-0.4, -0.2) is 13.1 Å². The van der Waals surface area contributed by atoms with Crippen molar-refractivity contribution in [1.82, 2.24) is 5.32 Å². The molecule has 0 bridgehead atoms. The molecule has 1 N–H and O–H groups in total. The molecule has 2 rings (SSSR count). The number of hydrogen-bond donors (Lipinski definition) is 1. The molecule has 1 nitrogen and oxygen atoms in total. The van der Waals surface area contributed by atoms with Crippen molar-refractivity contribution in [2.45, 2.75) is 45.4 Å². The molecule has 0 amide bonds. The van der Waals surface area contributed by atoms with Gasteiger partial charge in [0.25, 0.3) is 0 Å². The molecule has 0 spiro atoms. The number of rotatable bonds is 6. The molecule has 0 aliphatic heterocycles. The van der Waals surface area contributed by atoms with Crippen molar-refractivity contribution in [1.29, 1.82) is 0 Å². The molecule has 1 aromatic rings. The summed E-state index contributed by atoms with van der Waals surface area (Å²) in [5, 5.41) is 3.64. The first kappa shape index (κ1) is 13.6. The second-order valence-corrected chi connectivity index (χ2v) is 7.81. The third-order valence-electron chi connectivity index (χ3n) is 3.77. The van der Waals surface area contributed by atoms with E-state index in [-0.39, 0.29) is 0 Å². The van der Waals surface area contributed by atoms with Crippen LogP contribution in [0.3, 0.4) is 0 Å². The topological polar surface area (TPSA) is 12.0 Å². The first-order chi connectivity index (χ1) is 8.24. The lowest BCUT2D eigenvalue weighted by Crippen LogP contribution is -2.34. The van der Waals surface area contributed by atoms with Gasteiger partial charge in [0.1, 0.15) is 0 Å². The first-order valence-electron chi connectivity index (χ1n) is 6.69. The van der Waals surface area contributed by atoms with Gasteiger partial charge < -0.3 is 5.32 Å². The Morgan fingerprint density at radius 3 is 2.71 bits per heavy atom. The first-order valence-corrected chi connectivity index (χ1v) is 8.30. The Kier molecular flexibility index (Phi) is 5.07. The number of thiophene rings is 1. The Labute approximate surface area is 117 Å². The Morgan fingerprint density at radius 2 is 2.12 bits per heavy atom. The lowest BCUT2D eigenvalue weighted by atomic mass is 9.82. The van der Waals surface area contributed by atoms with E-state index >= 15 is 0 Å². The van der Waals surface area contributed by atoms with Gasteiger partial charge in [0.2, 0.25) is 0 Å². The molecule has 1 aromatic heterocycles. The maximum Gasteiger partial charge on any atom is 0.0701 e. The normalized spacial score (nSPS) is 18.7. The highest BCUT2D eigenvalue weighted by atomic mass is 79.9. The maximum absolute atomic E-state index is 3.64. The zero-order valence-electron chi connectivity index (χ0n) is 10.6. The summed E-state index contributed by atoms with van der Waals surface area (Å²) in [6.07, 6.45) is 8.14. The average molecular weight is 316 g/mol. The molecule has 0 radical (unpaired) electrons. The van der Waals surface area contributed by atoms with Crippen LogP contribution in [0.1, 0.15) is 43.9 Å². The van der Waals surface area contributed by atoms with Crippen LogP contribution < -0.4 is 5.32 Å². The number of hydrogen-bond acceptors (Lipinski definition) is 2. The van der Waals surface area contributed by atoms with E-state index in [2.05, 4.69) is 40.3 Å². The van der Waals surface area contributed by atoms with Crippen molar-refractivity contribution >= 4 is 27.3 Å². The largest absolute Gasteiger partial charge is 0.316 e. The van der Waals surface area contributed by atoms with Crippen LogP contribution >= 0.6 is 27.3 Å². The summed E-state index contributed by atoms with van der Waals surface area (Å²) in [5.74, 6) is 0. The van der Waals surface area contributed by atoms with E-state index in [0.29, 0.717) is 5.41 Å². The van der Waals surface area contributed by atoms with E-state index in [1.807, 2.05) is 11.3 Å². The minimum atomic E-state index is 0.541. The molecule has 1 fully saturated rings. The molecule has 0 aromatic carbocycles. The molecule has 1 aliphatic carbocycles. The Hall–Kier alpha value is 0.140. The fourth-order valence-corrected chi connectivity index (χ4v) is 4.54. The molecule has 17 heavy (non-hydrogen) atoms. The molecule has 0 unspecified atom stereocenters. The highest BCUT2D eigenvalue weighted by molar-refractivity contribution is 9.11. The molecule has 1 aliphatic rings. The van der Waals surface area contributed by atoms with Gasteiger partial charge in [-0.2, -0.15) is 0 Å². The third kappa shape index (κ3) is 3.80. The summed E-state index contributed by atoms with van der Waals surface area (Å²) in [5.41, 5.74) is 0.541. The Balaban J connectivity index is 1.96. The minimum Gasteiger partial charge on any atom is -0.316 e. The zero-order valence-corrected chi connectivity index (χ0v) is 13.0. The van der Waals surface area contributed by atoms with Crippen LogP contribution in [0.15, 0.2) is 15.9 Å². The van der Waals surface area contributed by atoms with Crippen LogP contribution in [0, 0.1) is 5.41 Å². The lowest BCUT2D eigenvalue weighted by Gasteiger charge is -2.29. The monoisotopic (exact) mass is 315 g/mol. The van der Waals surface area contributed by atoms with E-state index < -0.39 is 0 Å². The van der Waals surface area contributed by atoms with Gasteiger partial charge in [-0.25, -0.2) is 0 Å². The van der Waals surface area contributed by atoms with Crippen molar-refractivity contribution in [3.63, 3.8) is 0 Å². The summed E-state index contributed by atoms with van der Waals surface area (Å²) in [6.45, 7) is 4.61. The van der Waals surface area contributed by atoms with Gasteiger partial charge in [0.15, 0.2) is 0 Å². The molecular formula is C14H22BrNS. The zero-order chi connectivity index (χ0) is 12.1. The molecule has 96 valence electrons. The van der Waals surface area contributed by atoms with Crippen LogP contribution in [-0.2, 0) is 6.42 Å². The van der Waals surface area contributed by atoms with Gasteiger partial charge in [-0.15, -0.1) is 11.3 Å². The number of halogens is 1. The number of nitrogens with one attached hydrogen (secondary N) is 1. The van der Waals surface area contributed by atoms with E-state index in [1.165, 1.54) is 53.7 Å². The van der Waals surface area contributed by atoms with Crippen LogP contribution in [0.5, 0.6) is 0 Å². The van der Waals surface area contributed by atoms with Gasteiger partial charge in [0.05, 0.1) is 3.79 Å². The standard InChI is InChI=1S/C14H22BrNS/c1-2-9-16-11-14(7-3-4-8-14)10-12-5-6-13(15)17-12/h5-6,16H,2-4,7-11H2,1H3. The fraction of sp³-hybridized carbons (Fsp3) is 0.714. The van der Waals surface area contributed by atoms with Crippen molar-refractivity contribution in [2.75, 3.05) is 13.1 Å². The second-order valence-electron chi connectivity index (χ2n) is 5.27. The van der Waals surface area contributed by atoms with Crippen molar-refractivity contribution in [3.8, 4) is 0 Å². The Bertz CT molecular complexity index is 342. The highest BCUT2D eigenvalue weighted by Crippen LogP contribution is 2.42. The summed E-state index contributed by atoms with van der Waals surface area (Å²) < 4.78 is 1.27. The predicted molar refractivity (Wildman–Crippen MR) is 79.8 cm³/mol. The molecule has 1 saturated carbocycles. The quantitative estimate of drug-likeness (QED) is 0.756. The van der Waals surface area contributed by atoms with Crippen molar-refractivity contribution in [2.24, 2.45) is 5.41 Å². The molecule has 0 saturated heterocycles. The van der Waals surface area contributed by atoms with Gasteiger partial charge >= 0.3 is 0 Å². The minimum absolute atomic E-state index is 0.541. The summed E-state index contributed by atoms with van der Waals surface area (Å²) in [4.78, 5) is 1.54. The van der Waals surface area contributed by atoms with E-state index in [4.69, 9.17) is 0 Å².